The van der Waals surface area contributed by atoms with Crippen LogP contribution in [0, 0.1) is 5.82 Å². The van der Waals surface area contributed by atoms with Crippen LogP contribution in [0.4, 0.5) is 4.39 Å². The van der Waals surface area contributed by atoms with Gasteiger partial charge < -0.3 is 10.1 Å². The first-order chi connectivity index (χ1) is 6.84. The van der Waals surface area contributed by atoms with Gasteiger partial charge in [-0.15, -0.1) is 0 Å². The molecule has 0 aromatic heterocycles. The monoisotopic (exact) mass is 193 g/mol. The fourth-order valence-electron chi connectivity index (χ4n) is 2.15. The van der Waals surface area contributed by atoms with Gasteiger partial charge in [0.25, 0.3) is 0 Å². The van der Waals surface area contributed by atoms with Gasteiger partial charge in [-0.3, -0.25) is 0 Å². The molecule has 3 heteroatoms. The van der Waals surface area contributed by atoms with Crippen molar-refractivity contribution >= 4 is 0 Å². The first-order valence-corrected chi connectivity index (χ1v) is 4.98. The number of hydrogen-bond acceptors (Lipinski definition) is 2. The first kappa shape index (κ1) is 8.38. The Bertz CT molecular complexity index is 362. The molecule has 2 nitrogen and oxygen atoms in total. The molecule has 0 radical (unpaired) electrons. The van der Waals surface area contributed by atoms with Gasteiger partial charge in [-0.25, -0.2) is 4.39 Å². The van der Waals surface area contributed by atoms with E-state index in [1.54, 1.807) is 6.07 Å². The maximum Gasteiger partial charge on any atom is 0.123 e. The summed E-state index contributed by atoms with van der Waals surface area (Å²) in [6, 6.07) is 5.37. The average Bonchev–Trinajstić information content (AvgIpc) is 2.45. The molecule has 14 heavy (non-hydrogen) atoms. The van der Waals surface area contributed by atoms with Crippen LogP contribution in [0.25, 0.3) is 0 Å². The molecular formula is C11H12FNO. The number of benzene rings is 1. The molecule has 1 aromatic rings. The van der Waals surface area contributed by atoms with E-state index in [4.69, 9.17) is 4.74 Å². The van der Waals surface area contributed by atoms with Crippen LogP contribution in [0.3, 0.4) is 0 Å². The summed E-state index contributed by atoms with van der Waals surface area (Å²) in [7, 11) is 0. The van der Waals surface area contributed by atoms with Crippen molar-refractivity contribution in [3.63, 3.8) is 0 Å². The molecule has 2 aliphatic rings. The van der Waals surface area contributed by atoms with E-state index in [0.29, 0.717) is 12.6 Å². The maximum absolute atomic E-state index is 12.9. The Morgan fingerprint density at radius 1 is 1.43 bits per heavy atom. The van der Waals surface area contributed by atoms with Gasteiger partial charge in [-0.2, -0.15) is 0 Å². The topological polar surface area (TPSA) is 21.3 Å². The SMILES string of the molecule is Fc1ccc2c(c1)CO[C@@H]2C1CCN1. The third-order valence-electron chi connectivity index (χ3n) is 3.06. The molecule has 3 rings (SSSR count). The number of hydrogen-bond donors (Lipinski definition) is 1. The van der Waals surface area contributed by atoms with Crippen molar-refractivity contribution in [2.75, 3.05) is 6.54 Å². The molecule has 0 bridgehead atoms. The van der Waals surface area contributed by atoms with Crippen LogP contribution in [-0.2, 0) is 11.3 Å². The molecule has 2 atom stereocenters. The maximum atomic E-state index is 12.9. The molecule has 1 fully saturated rings. The van der Waals surface area contributed by atoms with Crippen molar-refractivity contribution in [2.45, 2.75) is 25.2 Å². The fraction of sp³-hybridized carbons (Fsp3) is 0.455. The quantitative estimate of drug-likeness (QED) is 0.733. The fourth-order valence-corrected chi connectivity index (χ4v) is 2.15. The standard InChI is InChI=1S/C11H12FNO/c12-8-1-2-9-7(5-8)6-14-11(9)10-3-4-13-10/h1-2,5,10-11,13H,3-4,6H2/t10?,11-/m0/s1. The van der Waals surface area contributed by atoms with Gasteiger partial charge in [-0.05, 0) is 36.2 Å². The number of nitrogens with one attached hydrogen (secondary N) is 1. The molecule has 2 heterocycles. The summed E-state index contributed by atoms with van der Waals surface area (Å²) in [5.41, 5.74) is 2.16. The molecule has 1 unspecified atom stereocenters. The van der Waals surface area contributed by atoms with Crippen LogP contribution in [0.1, 0.15) is 23.7 Å². The summed E-state index contributed by atoms with van der Waals surface area (Å²) >= 11 is 0. The van der Waals surface area contributed by atoms with Crippen molar-refractivity contribution in [3.05, 3.63) is 35.1 Å². The summed E-state index contributed by atoms with van der Waals surface area (Å²) < 4.78 is 18.6. The molecule has 1 aromatic carbocycles. The minimum Gasteiger partial charge on any atom is -0.367 e. The predicted molar refractivity (Wildman–Crippen MR) is 50.3 cm³/mol. The lowest BCUT2D eigenvalue weighted by atomic mass is 9.94. The van der Waals surface area contributed by atoms with E-state index < -0.39 is 0 Å². The number of fused-ring (bicyclic) bond motifs is 1. The van der Waals surface area contributed by atoms with Gasteiger partial charge in [0.05, 0.1) is 12.7 Å². The van der Waals surface area contributed by atoms with E-state index in [9.17, 15) is 4.39 Å². The molecular weight excluding hydrogens is 181 g/mol. The van der Waals surface area contributed by atoms with Gasteiger partial charge in [0.2, 0.25) is 0 Å². The van der Waals surface area contributed by atoms with Crippen molar-refractivity contribution in [3.8, 4) is 0 Å². The van der Waals surface area contributed by atoms with Gasteiger partial charge in [-0.1, -0.05) is 6.07 Å². The minimum absolute atomic E-state index is 0.138. The second-order valence-electron chi connectivity index (χ2n) is 3.92. The van der Waals surface area contributed by atoms with Crippen molar-refractivity contribution in [2.24, 2.45) is 0 Å². The van der Waals surface area contributed by atoms with E-state index in [0.717, 1.165) is 24.1 Å². The predicted octanol–water partition coefficient (Wildman–Crippen LogP) is 1.76. The largest absolute Gasteiger partial charge is 0.367 e. The highest BCUT2D eigenvalue weighted by Crippen LogP contribution is 2.35. The van der Waals surface area contributed by atoms with Gasteiger partial charge >= 0.3 is 0 Å². The van der Waals surface area contributed by atoms with Crippen molar-refractivity contribution in [1.82, 2.24) is 5.32 Å². The smallest absolute Gasteiger partial charge is 0.123 e. The van der Waals surface area contributed by atoms with Crippen LogP contribution < -0.4 is 5.32 Å². The zero-order chi connectivity index (χ0) is 9.54. The van der Waals surface area contributed by atoms with Gasteiger partial charge in [0, 0.05) is 6.04 Å². The van der Waals surface area contributed by atoms with E-state index >= 15 is 0 Å². The Morgan fingerprint density at radius 2 is 2.29 bits per heavy atom. The highest BCUT2D eigenvalue weighted by molar-refractivity contribution is 5.33. The number of rotatable bonds is 1. The third-order valence-corrected chi connectivity index (χ3v) is 3.06. The second kappa shape index (κ2) is 3.04. The van der Waals surface area contributed by atoms with Crippen LogP contribution in [-0.4, -0.2) is 12.6 Å². The Kier molecular flexibility index (Phi) is 1.82. The Hall–Kier alpha value is -0.930. The molecule has 1 saturated heterocycles. The van der Waals surface area contributed by atoms with Crippen molar-refractivity contribution in [1.29, 1.82) is 0 Å². The highest BCUT2D eigenvalue weighted by Gasteiger charge is 2.33. The third kappa shape index (κ3) is 1.16. The average molecular weight is 193 g/mol. The summed E-state index contributed by atoms with van der Waals surface area (Å²) in [5.74, 6) is -0.172. The molecule has 1 N–H and O–H groups in total. The second-order valence-corrected chi connectivity index (χ2v) is 3.92. The summed E-state index contributed by atoms with van der Waals surface area (Å²) in [4.78, 5) is 0. The number of halogens is 1. The van der Waals surface area contributed by atoms with Crippen LogP contribution in [0.5, 0.6) is 0 Å². The molecule has 2 aliphatic heterocycles. The molecule has 0 amide bonds. The van der Waals surface area contributed by atoms with Gasteiger partial charge in [0.1, 0.15) is 5.82 Å². The zero-order valence-electron chi connectivity index (χ0n) is 7.79. The van der Waals surface area contributed by atoms with Crippen LogP contribution in [0.2, 0.25) is 0 Å². The first-order valence-electron chi connectivity index (χ1n) is 4.98. The molecule has 0 saturated carbocycles. The summed E-state index contributed by atoms with van der Waals surface area (Å²) in [5, 5.41) is 3.32. The lowest BCUT2D eigenvalue weighted by Crippen LogP contribution is -2.46. The van der Waals surface area contributed by atoms with E-state index in [2.05, 4.69) is 5.32 Å². The lowest BCUT2D eigenvalue weighted by molar-refractivity contribution is 0.0193. The van der Waals surface area contributed by atoms with Crippen molar-refractivity contribution < 1.29 is 9.13 Å². The Labute approximate surface area is 82.1 Å². The van der Waals surface area contributed by atoms with E-state index in [1.807, 2.05) is 6.07 Å². The van der Waals surface area contributed by atoms with E-state index in [-0.39, 0.29) is 11.9 Å². The normalized spacial score (nSPS) is 29.8. The molecule has 74 valence electrons. The van der Waals surface area contributed by atoms with Gasteiger partial charge in [0.15, 0.2) is 0 Å². The minimum atomic E-state index is -0.172. The summed E-state index contributed by atoms with van der Waals surface area (Å²) in [6.45, 7) is 1.62. The molecule has 0 aliphatic carbocycles. The Balaban J connectivity index is 1.93. The van der Waals surface area contributed by atoms with Crippen LogP contribution in [0.15, 0.2) is 18.2 Å². The highest BCUT2D eigenvalue weighted by atomic mass is 19.1. The zero-order valence-corrected chi connectivity index (χ0v) is 7.79. The number of ether oxygens (including phenoxy) is 1. The molecule has 0 spiro atoms. The van der Waals surface area contributed by atoms with E-state index in [1.165, 1.54) is 6.07 Å². The lowest BCUT2D eigenvalue weighted by Gasteiger charge is -2.32. The Morgan fingerprint density at radius 3 is 3.00 bits per heavy atom. The summed E-state index contributed by atoms with van der Waals surface area (Å²) in [6.07, 6.45) is 1.29. The van der Waals surface area contributed by atoms with Crippen LogP contribution >= 0.6 is 0 Å².